The number of benzene rings is 2. The van der Waals surface area contributed by atoms with Crippen molar-refractivity contribution in [3.05, 3.63) is 52.6 Å². The molecular formula is C17H18N2O8S. The Balaban J connectivity index is 2.71. The number of carboxylic acid groups (broad SMARTS) is 1. The number of hydrogen-bond acceptors (Lipinski definition) is 7. The molecule has 2 aromatic carbocycles. The van der Waals surface area contributed by atoms with Crippen molar-refractivity contribution >= 4 is 27.4 Å². The largest absolute Gasteiger partial charge is 0.497 e. The van der Waals surface area contributed by atoms with Gasteiger partial charge in [-0.2, -0.15) is 0 Å². The molecule has 0 unspecified atom stereocenters. The van der Waals surface area contributed by atoms with Crippen LogP contribution in [0.25, 0.3) is 0 Å². The lowest BCUT2D eigenvalue weighted by atomic mass is 10.2. The Morgan fingerprint density at radius 2 is 1.86 bits per heavy atom. The highest BCUT2D eigenvalue weighted by atomic mass is 32.2. The van der Waals surface area contributed by atoms with E-state index in [2.05, 4.69) is 0 Å². The standard InChI is InChI=1S/C17H18N2O8S/c1-26-12-7-8-15(27-2)14(11-12)18(10-9-17(20)21)28(24,25)16-6-4-3-5-13(16)19(22)23/h3-8,11H,9-10H2,1-2H3,(H,20,21). The third-order valence-electron chi connectivity index (χ3n) is 3.81. The van der Waals surface area contributed by atoms with Gasteiger partial charge in [0.25, 0.3) is 15.7 Å². The summed E-state index contributed by atoms with van der Waals surface area (Å²) in [5.74, 6) is -0.799. The lowest BCUT2D eigenvalue weighted by molar-refractivity contribution is -0.387. The predicted octanol–water partition coefficient (Wildman–Crippen LogP) is 2.28. The number of anilines is 1. The second-order valence-corrected chi connectivity index (χ2v) is 7.31. The average molecular weight is 410 g/mol. The number of hydrogen-bond donors (Lipinski definition) is 1. The van der Waals surface area contributed by atoms with Crippen LogP contribution in [-0.4, -0.2) is 45.2 Å². The second-order valence-electron chi connectivity index (χ2n) is 5.48. The van der Waals surface area contributed by atoms with Gasteiger partial charge in [-0.05, 0) is 18.2 Å². The highest BCUT2D eigenvalue weighted by Crippen LogP contribution is 2.37. The van der Waals surface area contributed by atoms with Gasteiger partial charge in [-0.3, -0.25) is 19.2 Å². The molecule has 0 heterocycles. The Kier molecular flexibility index (Phi) is 6.41. The molecule has 0 aromatic heterocycles. The van der Waals surface area contributed by atoms with Crippen molar-refractivity contribution in [3.8, 4) is 11.5 Å². The van der Waals surface area contributed by atoms with Crippen molar-refractivity contribution in [2.45, 2.75) is 11.3 Å². The van der Waals surface area contributed by atoms with Crippen molar-refractivity contribution < 1.29 is 32.7 Å². The third-order valence-corrected chi connectivity index (χ3v) is 5.67. The molecule has 1 N–H and O–H groups in total. The quantitative estimate of drug-likeness (QED) is 0.491. The summed E-state index contributed by atoms with van der Waals surface area (Å²) >= 11 is 0. The fourth-order valence-corrected chi connectivity index (χ4v) is 4.13. The number of nitro benzene ring substituents is 1. The first-order chi connectivity index (χ1) is 13.2. The van der Waals surface area contributed by atoms with Gasteiger partial charge in [-0.1, -0.05) is 12.1 Å². The number of carbonyl (C=O) groups is 1. The number of methoxy groups -OCH3 is 2. The molecule has 0 amide bonds. The van der Waals surface area contributed by atoms with E-state index in [4.69, 9.17) is 14.6 Å². The van der Waals surface area contributed by atoms with Crippen LogP contribution in [0.3, 0.4) is 0 Å². The van der Waals surface area contributed by atoms with Crippen molar-refractivity contribution in [1.82, 2.24) is 0 Å². The highest BCUT2D eigenvalue weighted by Gasteiger charge is 2.33. The van der Waals surface area contributed by atoms with E-state index < -0.39 is 44.5 Å². The normalized spacial score (nSPS) is 10.9. The maximum absolute atomic E-state index is 13.3. The average Bonchev–Trinajstić information content (AvgIpc) is 2.67. The van der Waals surface area contributed by atoms with E-state index in [0.29, 0.717) is 5.75 Å². The Hall–Kier alpha value is -3.34. The summed E-state index contributed by atoms with van der Waals surface area (Å²) in [6.07, 6.45) is -0.528. The van der Waals surface area contributed by atoms with E-state index in [1.807, 2.05) is 0 Å². The molecule has 28 heavy (non-hydrogen) atoms. The minimum atomic E-state index is -4.49. The minimum Gasteiger partial charge on any atom is -0.497 e. The van der Waals surface area contributed by atoms with Gasteiger partial charge >= 0.3 is 5.97 Å². The van der Waals surface area contributed by atoms with E-state index in [1.54, 1.807) is 0 Å². The Morgan fingerprint density at radius 3 is 2.43 bits per heavy atom. The molecule has 2 aromatic rings. The van der Waals surface area contributed by atoms with Gasteiger partial charge in [0.15, 0.2) is 4.90 Å². The van der Waals surface area contributed by atoms with Crippen LogP contribution in [0.1, 0.15) is 6.42 Å². The smallest absolute Gasteiger partial charge is 0.305 e. The second kappa shape index (κ2) is 8.57. The zero-order valence-electron chi connectivity index (χ0n) is 15.1. The molecule has 0 radical (unpaired) electrons. The lowest BCUT2D eigenvalue weighted by Gasteiger charge is -2.25. The van der Waals surface area contributed by atoms with Crippen LogP contribution >= 0.6 is 0 Å². The van der Waals surface area contributed by atoms with Crippen LogP contribution < -0.4 is 13.8 Å². The fraction of sp³-hybridized carbons (Fsp3) is 0.235. The van der Waals surface area contributed by atoms with Crippen LogP contribution in [0.2, 0.25) is 0 Å². The molecule has 11 heteroatoms. The van der Waals surface area contributed by atoms with Crippen molar-refractivity contribution in [2.75, 3.05) is 25.1 Å². The summed E-state index contributed by atoms with van der Waals surface area (Å²) in [4.78, 5) is 21.0. The summed E-state index contributed by atoms with van der Waals surface area (Å²) in [6, 6.07) is 9.18. The van der Waals surface area contributed by atoms with Crippen LogP contribution in [0.5, 0.6) is 11.5 Å². The summed E-state index contributed by atoms with van der Waals surface area (Å²) < 4.78 is 37.6. The van der Waals surface area contributed by atoms with E-state index in [9.17, 15) is 23.3 Å². The lowest BCUT2D eigenvalue weighted by Crippen LogP contribution is -2.34. The van der Waals surface area contributed by atoms with Gasteiger partial charge in [-0.15, -0.1) is 0 Å². The molecule has 0 saturated heterocycles. The van der Waals surface area contributed by atoms with Crippen molar-refractivity contribution in [3.63, 3.8) is 0 Å². The van der Waals surface area contributed by atoms with Gasteiger partial charge in [0.05, 0.1) is 31.3 Å². The van der Waals surface area contributed by atoms with E-state index in [-0.39, 0.29) is 11.4 Å². The fourth-order valence-electron chi connectivity index (χ4n) is 2.50. The number of aliphatic carboxylic acids is 1. The number of nitrogens with zero attached hydrogens (tertiary/aromatic N) is 2. The van der Waals surface area contributed by atoms with E-state index in [1.165, 1.54) is 44.6 Å². The minimum absolute atomic E-state index is 0.00116. The summed E-state index contributed by atoms with van der Waals surface area (Å²) in [5.41, 5.74) is -0.620. The summed E-state index contributed by atoms with van der Waals surface area (Å²) in [5, 5.41) is 20.3. The Bertz CT molecular complexity index is 990. The molecule has 0 spiro atoms. The molecule has 150 valence electrons. The number of carboxylic acids is 1. The summed E-state index contributed by atoms with van der Waals surface area (Å²) in [7, 11) is -1.79. The molecule has 0 saturated carbocycles. The van der Waals surface area contributed by atoms with E-state index in [0.717, 1.165) is 16.4 Å². The molecule has 0 aliphatic rings. The zero-order valence-corrected chi connectivity index (χ0v) is 15.9. The molecule has 0 aliphatic heterocycles. The third kappa shape index (κ3) is 4.31. The maximum Gasteiger partial charge on any atom is 0.305 e. The summed E-state index contributed by atoms with van der Waals surface area (Å²) in [6.45, 7) is -0.465. The topological polar surface area (TPSA) is 136 Å². The van der Waals surface area contributed by atoms with Gasteiger partial charge in [-0.25, -0.2) is 8.42 Å². The number of nitro groups is 1. The molecule has 10 nitrogen and oxygen atoms in total. The van der Waals surface area contributed by atoms with Gasteiger partial charge in [0, 0.05) is 18.7 Å². The SMILES string of the molecule is COc1ccc(OC)c(N(CCC(=O)O)S(=O)(=O)c2ccccc2[N+](=O)[O-])c1. The number of rotatable bonds is 9. The zero-order chi connectivity index (χ0) is 20.9. The highest BCUT2D eigenvalue weighted by molar-refractivity contribution is 7.93. The molecule has 0 fully saturated rings. The maximum atomic E-state index is 13.3. The molecule has 0 atom stereocenters. The van der Waals surface area contributed by atoms with Crippen LogP contribution in [-0.2, 0) is 14.8 Å². The Labute approximate surface area is 161 Å². The number of ether oxygens (including phenoxy) is 2. The molecule has 0 aliphatic carbocycles. The first-order valence-electron chi connectivity index (χ1n) is 7.92. The number of sulfonamides is 1. The monoisotopic (exact) mass is 410 g/mol. The van der Waals surface area contributed by atoms with E-state index >= 15 is 0 Å². The first-order valence-corrected chi connectivity index (χ1v) is 9.36. The molecule has 2 rings (SSSR count). The first kappa shape index (κ1) is 21.0. The van der Waals surface area contributed by atoms with Gasteiger partial charge < -0.3 is 14.6 Å². The molecule has 0 bridgehead atoms. The van der Waals surface area contributed by atoms with Crippen molar-refractivity contribution in [2.24, 2.45) is 0 Å². The molecular weight excluding hydrogens is 392 g/mol. The van der Waals surface area contributed by atoms with Gasteiger partial charge in [0.2, 0.25) is 0 Å². The van der Waals surface area contributed by atoms with Crippen LogP contribution in [0.15, 0.2) is 47.4 Å². The van der Waals surface area contributed by atoms with Crippen LogP contribution in [0, 0.1) is 10.1 Å². The van der Waals surface area contributed by atoms with Crippen LogP contribution in [0.4, 0.5) is 11.4 Å². The predicted molar refractivity (Wildman–Crippen MR) is 99.4 cm³/mol. The van der Waals surface area contributed by atoms with Crippen molar-refractivity contribution in [1.29, 1.82) is 0 Å². The van der Waals surface area contributed by atoms with Gasteiger partial charge in [0.1, 0.15) is 11.5 Å². The Morgan fingerprint density at radius 1 is 1.18 bits per heavy atom. The number of para-hydroxylation sites is 1.